The number of para-hydroxylation sites is 2. The minimum Gasteiger partial charge on any atom is -0.352 e. The highest BCUT2D eigenvalue weighted by Crippen LogP contribution is 2.37. The Labute approximate surface area is 187 Å². The van der Waals surface area contributed by atoms with Crippen LogP contribution in [0.25, 0.3) is 0 Å². The third-order valence-corrected chi connectivity index (χ3v) is 7.11. The number of nitrogens with one attached hydrogen (secondary N) is 2. The topological polar surface area (TPSA) is 95.6 Å². The summed E-state index contributed by atoms with van der Waals surface area (Å²) in [5, 5.41) is 5.50. The molecule has 0 radical (unpaired) electrons. The second-order valence-electron chi connectivity index (χ2n) is 7.60. The molecule has 1 aliphatic rings. The molecule has 0 saturated carbocycles. The minimum absolute atomic E-state index is 0.0577. The van der Waals surface area contributed by atoms with E-state index in [0.29, 0.717) is 11.4 Å². The summed E-state index contributed by atoms with van der Waals surface area (Å²) in [5.41, 5.74) is 2.53. The highest BCUT2D eigenvalue weighted by molar-refractivity contribution is 7.93. The van der Waals surface area contributed by atoms with Crippen LogP contribution in [0.4, 0.5) is 11.4 Å². The first-order valence-electron chi connectivity index (χ1n) is 10.2. The van der Waals surface area contributed by atoms with Crippen molar-refractivity contribution >= 4 is 33.2 Å². The van der Waals surface area contributed by atoms with Crippen molar-refractivity contribution in [3.05, 3.63) is 90.0 Å². The van der Waals surface area contributed by atoms with Gasteiger partial charge in [-0.1, -0.05) is 60.2 Å². The highest BCUT2D eigenvalue weighted by Gasteiger charge is 2.41. The van der Waals surface area contributed by atoms with Crippen molar-refractivity contribution in [3.8, 4) is 0 Å². The van der Waals surface area contributed by atoms with Gasteiger partial charge in [-0.25, -0.2) is 8.42 Å². The number of nitrogens with zero attached hydrogens (tertiary/aromatic N) is 1. The molecule has 3 aromatic carbocycles. The van der Waals surface area contributed by atoms with E-state index in [1.54, 1.807) is 36.4 Å². The fourth-order valence-corrected chi connectivity index (χ4v) is 5.23. The van der Waals surface area contributed by atoms with Crippen LogP contribution in [0.1, 0.15) is 17.5 Å². The molecule has 0 aliphatic carbocycles. The van der Waals surface area contributed by atoms with E-state index in [1.807, 2.05) is 37.3 Å². The number of fused-ring (bicyclic) bond motifs is 1. The van der Waals surface area contributed by atoms with E-state index in [0.717, 1.165) is 15.4 Å². The van der Waals surface area contributed by atoms with Crippen molar-refractivity contribution in [2.45, 2.75) is 30.8 Å². The summed E-state index contributed by atoms with van der Waals surface area (Å²) in [6.07, 6.45) is -0.307. The van der Waals surface area contributed by atoms with Crippen LogP contribution < -0.4 is 14.9 Å². The summed E-state index contributed by atoms with van der Waals surface area (Å²) in [4.78, 5) is 25.7. The number of carbonyl (C=O) groups excluding carboxylic acids is 2. The van der Waals surface area contributed by atoms with Gasteiger partial charge in [-0.15, -0.1) is 0 Å². The zero-order valence-corrected chi connectivity index (χ0v) is 18.3. The lowest BCUT2D eigenvalue weighted by atomic mass is 10.1. The van der Waals surface area contributed by atoms with Crippen molar-refractivity contribution in [2.24, 2.45) is 0 Å². The van der Waals surface area contributed by atoms with Crippen molar-refractivity contribution in [2.75, 3.05) is 9.62 Å². The third-order valence-electron chi connectivity index (χ3n) is 5.27. The lowest BCUT2D eigenvalue weighted by Crippen LogP contribution is -2.52. The van der Waals surface area contributed by atoms with Crippen molar-refractivity contribution in [1.29, 1.82) is 0 Å². The first kappa shape index (κ1) is 21.6. The summed E-state index contributed by atoms with van der Waals surface area (Å²) < 4.78 is 28.2. The van der Waals surface area contributed by atoms with Gasteiger partial charge in [0.05, 0.1) is 22.7 Å². The molecule has 1 heterocycles. The molecular formula is C24H23N3O4S. The largest absolute Gasteiger partial charge is 0.352 e. The average Bonchev–Trinajstić information content (AvgIpc) is 2.79. The van der Waals surface area contributed by atoms with Gasteiger partial charge in [0.25, 0.3) is 10.0 Å². The molecule has 0 spiro atoms. The SMILES string of the molecule is Cc1ccc(S(=O)(=O)N2c3ccccc3NC(=O)[C@H]2CC(=O)NCc2ccccc2)cc1. The number of hydrogen-bond donors (Lipinski definition) is 2. The summed E-state index contributed by atoms with van der Waals surface area (Å²) in [6.45, 7) is 2.15. The fraction of sp³-hybridized carbons (Fsp3) is 0.167. The Hall–Kier alpha value is -3.65. The number of hydrogen-bond acceptors (Lipinski definition) is 4. The minimum atomic E-state index is -4.09. The van der Waals surface area contributed by atoms with Crippen LogP contribution in [0.5, 0.6) is 0 Å². The monoisotopic (exact) mass is 449 g/mol. The molecule has 0 fully saturated rings. The van der Waals surface area contributed by atoms with Gasteiger partial charge in [-0.3, -0.25) is 13.9 Å². The maximum absolute atomic E-state index is 13.6. The predicted molar refractivity (Wildman–Crippen MR) is 123 cm³/mol. The molecule has 1 atom stereocenters. The van der Waals surface area contributed by atoms with E-state index < -0.39 is 27.9 Å². The van der Waals surface area contributed by atoms with E-state index in [2.05, 4.69) is 10.6 Å². The summed E-state index contributed by atoms with van der Waals surface area (Å²) in [7, 11) is -4.09. The molecular weight excluding hydrogens is 426 g/mol. The second-order valence-corrected chi connectivity index (χ2v) is 9.42. The molecule has 2 amide bonds. The van der Waals surface area contributed by atoms with Crippen LogP contribution in [0.2, 0.25) is 0 Å². The predicted octanol–water partition coefficient (Wildman–Crippen LogP) is 3.22. The Bertz CT molecular complexity index is 1240. The highest BCUT2D eigenvalue weighted by atomic mass is 32.2. The number of amides is 2. The van der Waals surface area contributed by atoms with Crippen LogP contribution in [-0.2, 0) is 26.2 Å². The van der Waals surface area contributed by atoms with Crippen LogP contribution >= 0.6 is 0 Å². The van der Waals surface area contributed by atoms with Crippen molar-refractivity contribution in [1.82, 2.24) is 5.32 Å². The van der Waals surface area contributed by atoms with Gasteiger partial charge < -0.3 is 10.6 Å². The molecule has 0 saturated heterocycles. The zero-order chi connectivity index (χ0) is 22.7. The molecule has 4 rings (SSSR count). The summed E-state index contributed by atoms with van der Waals surface area (Å²) >= 11 is 0. The zero-order valence-electron chi connectivity index (χ0n) is 17.5. The van der Waals surface area contributed by atoms with Gasteiger partial charge in [0.15, 0.2) is 0 Å². The Morgan fingerprint density at radius 2 is 1.62 bits per heavy atom. The van der Waals surface area contributed by atoms with Gasteiger partial charge in [-0.2, -0.15) is 0 Å². The summed E-state index contributed by atoms with van der Waals surface area (Å²) in [5.74, 6) is -0.966. The first-order chi connectivity index (χ1) is 15.4. The standard InChI is InChI=1S/C24H23N3O4S/c1-17-11-13-19(14-12-17)32(30,31)27-21-10-6-5-9-20(21)26-24(29)22(27)15-23(28)25-16-18-7-3-2-4-8-18/h2-14,22H,15-16H2,1H3,(H,25,28)(H,26,29)/t22-/m1/s1. The maximum atomic E-state index is 13.6. The molecule has 164 valence electrons. The number of benzene rings is 3. The summed E-state index contributed by atoms with van der Waals surface area (Å²) in [6, 6.07) is 21.2. The molecule has 3 aromatic rings. The second kappa shape index (κ2) is 8.84. The lowest BCUT2D eigenvalue weighted by Gasteiger charge is -2.36. The normalized spacial score (nSPS) is 15.6. The number of carbonyl (C=O) groups is 2. The maximum Gasteiger partial charge on any atom is 0.265 e. The quantitative estimate of drug-likeness (QED) is 0.604. The van der Waals surface area contributed by atoms with Gasteiger partial charge in [-0.05, 0) is 36.8 Å². The van der Waals surface area contributed by atoms with Gasteiger partial charge in [0.1, 0.15) is 6.04 Å². The molecule has 2 N–H and O–H groups in total. The van der Waals surface area contributed by atoms with E-state index in [9.17, 15) is 18.0 Å². The molecule has 7 nitrogen and oxygen atoms in total. The van der Waals surface area contributed by atoms with Crippen molar-refractivity contribution < 1.29 is 18.0 Å². The average molecular weight is 450 g/mol. The van der Waals surface area contributed by atoms with Gasteiger partial charge >= 0.3 is 0 Å². The Morgan fingerprint density at radius 3 is 2.34 bits per heavy atom. The van der Waals surface area contributed by atoms with Crippen LogP contribution in [0, 0.1) is 6.92 Å². The van der Waals surface area contributed by atoms with E-state index in [4.69, 9.17) is 0 Å². The molecule has 32 heavy (non-hydrogen) atoms. The van der Waals surface area contributed by atoms with Crippen LogP contribution in [0.3, 0.4) is 0 Å². The van der Waals surface area contributed by atoms with Crippen LogP contribution in [0.15, 0.2) is 83.8 Å². The first-order valence-corrected chi connectivity index (χ1v) is 11.6. The smallest absolute Gasteiger partial charge is 0.265 e. The molecule has 0 aromatic heterocycles. The number of sulfonamides is 1. The Kier molecular flexibility index (Phi) is 5.96. The molecule has 0 bridgehead atoms. The van der Waals surface area contributed by atoms with Crippen molar-refractivity contribution in [3.63, 3.8) is 0 Å². The number of anilines is 2. The number of rotatable bonds is 6. The van der Waals surface area contributed by atoms with Gasteiger partial charge in [0.2, 0.25) is 11.8 Å². The van der Waals surface area contributed by atoms with E-state index in [-0.39, 0.29) is 17.9 Å². The van der Waals surface area contributed by atoms with Gasteiger partial charge in [0, 0.05) is 6.54 Å². The molecule has 8 heteroatoms. The Morgan fingerprint density at radius 1 is 0.969 bits per heavy atom. The van der Waals surface area contributed by atoms with E-state index >= 15 is 0 Å². The molecule has 0 unspecified atom stereocenters. The fourth-order valence-electron chi connectivity index (χ4n) is 3.60. The molecule has 1 aliphatic heterocycles. The van der Waals surface area contributed by atoms with E-state index in [1.165, 1.54) is 12.1 Å². The Balaban J connectivity index is 1.65. The van der Waals surface area contributed by atoms with Crippen LogP contribution in [-0.4, -0.2) is 26.3 Å². The third kappa shape index (κ3) is 4.36. The lowest BCUT2D eigenvalue weighted by molar-refractivity contribution is -0.125. The number of aryl methyl sites for hydroxylation is 1.